The molecule has 0 bridgehead atoms. The lowest BCUT2D eigenvalue weighted by atomic mass is 10.1. The van der Waals surface area contributed by atoms with E-state index in [-0.39, 0.29) is 11.7 Å². The van der Waals surface area contributed by atoms with Crippen molar-refractivity contribution in [2.24, 2.45) is 5.14 Å². The number of nitrogens with one attached hydrogen (secondary N) is 1. The molecule has 0 aliphatic heterocycles. The molecule has 0 fully saturated rings. The second-order valence-corrected chi connectivity index (χ2v) is 6.98. The van der Waals surface area contributed by atoms with Gasteiger partial charge in [-0.15, -0.1) is 0 Å². The molecule has 0 aliphatic rings. The zero-order valence-corrected chi connectivity index (χ0v) is 14.2. The van der Waals surface area contributed by atoms with Crippen molar-refractivity contribution < 1.29 is 17.9 Å². The number of primary sulfonamides is 1. The van der Waals surface area contributed by atoms with Crippen molar-refractivity contribution >= 4 is 21.6 Å². The number of anilines is 1. The Morgan fingerprint density at radius 1 is 1.12 bits per heavy atom. The van der Waals surface area contributed by atoms with Crippen LogP contribution in [0.25, 0.3) is 0 Å². The molecule has 0 saturated heterocycles. The number of hydrogen-bond donors (Lipinski definition) is 2. The van der Waals surface area contributed by atoms with E-state index in [1.165, 1.54) is 0 Å². The first-order valence-corrected chi connectivity index (χ1v) is 9.10. The van der Waals surface area contributed by atoms with E-state index in [9.17, 15) is 13.2 Å². The molecule has 3 N–H and O–H groups in total. The number of hydrogen-bond acceptors (Lipinski definition) is 4. The highest BCUT2D eigenvalue weighted by Crippen LogP contribution is 2.19. The number of para-hydroxylation sites is 1. The molecule has 0 aromatic heterocycles. The summed E-state index contributed by atoms with van der Waals surface area (Å²) in [6.07, 6.45) is 0.888. The minimum atomic E-state index is -3.56. The molecule has 7 heteroatoms. The highest BCUT2D eigenvalue weighted by atomic mass is 32.2. The summed E-state index contributed by atoms with van der Waals surface area (Å²) in [7, 11) is -1.96. The van der Waals surface area contributed by atoms with Crippen molar-refractivity contribution in [3.8, 4) is 5.75 Å². The van der Waals surface area contributed by atoms with Crippen LogP contribution < -0.4 is 15.2 Å². The maximum Gasteiger partial charge on any atom is 0.224 e. The van der Waals surface area contributed by atoms with Crippen LogP contribution in [0.15, 0.2) is 48.5 Å². The van der Waals surface area contributed by atoms with Gasteiger partial charge in [0.15, 0.2) is 0 Å². The quantitative estimate of drug-likeness (QED) is 0.800. The third-order valence-electron chi connectivity index (χ3n) is 3.42. The molecule has 0 heterocycles. The Hall–Kier alpha value is -2.38. The molecule has 0 aliphatic carbocycles. The summed E-state index contributed by atoms with van der Waals surface area (Å²) in [5.74, 6) is 0.410. The van der Waals surface area contributed by atoms with Gasteiger partial charge < -0.3 is 10.1 Å². The van der Waals surface area contributed by atoms with Crippen LogP contribution in [0, 0.1) is 0 Å². The molecule has 0 radical (unpaired) electrons. The van der Waals surface area contributed by atoms with Gasteiger partial charge >= 0.3 is 0 Å². The number of carbonyl (C=O) groups excluding carboxylic acids is 1. The second kappa shape index (κ2) is 7.94. The van der Waals surface area contributed by atoms with E-state index in [1.54, 1.807) is 31.4 Å². The Kier molecular flexibility index (Phi) is 5.94. The van der Waals surface area contributed by atoms with Gasteiger partial charge in [0, 0.05) is 12.1 Å². The average molecular weight is 348 g/mol. The monoisotopic (exact) mass is 348 g/mol. The van der Waals surface area contributed by atoms with E-state index in [2.05, 4.69) is 5.32 Å². The van der Waals surface area contributed by atoms with Crippen molar-refractivity contribution in [3.05, 3.63) is 59.7 Å². The predicted molar refractivity (Wildman–Crippen MR) is 93.2 cm³/mol. The van der Waals surface area contributed by atoms with Gasteiger partial charge in [-0.3, -0.25) is 4.79 Å². The van der Waals surface area contributed by atoms with E-state index in [0.717, 1.165) is 11.3 Å². The van der Waals surface area contributed by atoms with Gasteiger partial charge in [0.05, 0.1) is 12.9 Å². The van der Waals surface area contributed by atoms with Crippen LogP contribution in [-0.4, -0.2) is 21.4 Å². The van der Waals surface area contributed by atoms with Gasteiger partial charge in [-0.2, -0.15) is 0 Å². The molecule has 1 amide bonds. The third kappa shape index (κ3) is 5.68. The number of carbonyl (C=O) groups is 1. The van der Waals surface area contributed by atoms with Crippen LogP contribution >= 0.6 is 0 Å². The summed E-state index contributed by atoms with van der Waals surface area (Å²) in [6.45, 7) is 0. The number of nitrogens with two attached hydrogens (primary N) is 1. The number of aryl methyl sites for hydroxylation is 1. The fraction of sp³-hybridized carbons (Fsp3) is 0.235. The molecule has 2 aromatic carbocycles. The molecule has 2 aromatic rings. The van der Waals surface area contributed by atoms with Crippen LogP contribution in [0.1, 0.15) is 17.5 Å². The van der Waals surface area contributed by atoms with Gasteiger partial charge in [-0.05, 0) is 35.7 Å². The number of methoxy groups -OCH3 is 1. The molecule has 0 atom stereocenters. The highest BCUT2D eigenvalue weighted by molar-refractivity contribution is 7.88. The molecule has 0 unspecified atom stereocenters. The summed E-state index contributed by atoms with van der Waals surface area (Å²) in [4.78, 5) is 12.0. The van der Waals surface area contributed by atoms with Crippen LogP contribution in [-0.2, 0) is 27.0 Å². The Bertz CT molecular complexity index is 802. The third-order valence-corrected chi connectivity index (χ3v) is 4.16. The average Bonchev–Trinajstić information content (AvgIpc) is 2.53. The van der Waals surface area contributed by atoms with E-state index in [1.807, 2.05) is 24.3 Å². The molecule has 24 heavy (non-hydrogen) atoms. The van der Waals surface area contributed by atoms with Crippen molar-refractivity contribution in [3.63, 3.8) is 0 Å². The zero-order valence-electron chi connectivity index (χ0n) is 13.4. The fourth-order valence-electron chi connectivity index (χ4n) is 2.30. The lowest BCUT2D eigenvalue weighted by Crippen LogP contribution is -2.15. The van der Waals surface area contributed by atoms with Crippen molar-refractivity contribution in [1.29, 1.82) is 0 Å². The Labute approximate surface area is 141 Å². The SMILES string of the molecule is COc1ccccc1CCC(=O)Nc1ccc(CS(N)(=O)=O)cc1. The fourth-order valence-corrected chi connectivity index (χ4v) is 2.95. The van der Waals surface area contributed by atoms with E-state index in [0.29, 0.717) is 24.1 Å². The first-order valence-electron chi connectivity index (χ1n) is 7.38. The van der Waals surface area contributed by atoms with E-state index >= 15 is 0 Å². The second-order valence-electron chi connectivity index (χ2n) is 5.36. The molecular weight excluding hydrogens is 328 g/mol. The predicted octanol–water partition coefficient (Wildman–Crippen LogP) is 2.05. The van der Waals surface area contributed by atoms with Crippen LogP contribution in [0.4, 0.5) is 5.69 Å². The topological polar surface area (TPSA) is 98.5 Å². The maximum absolute atomic E-state index is 12.0. The molecule has 0 spiro atoms. The standard InChI is InChI=1S/C17H20N2O4S/c1-23-16-5-3-2-4-14(16)8-11-17(20)19-15-9-6-13(7-10-15)12-24(18,21)22/h2-7,9-10H,8,11-12H2,1H3,(H,19,20)(H2,18,21,22). The molecule has 128 valence electrons. The minimum Gasteiger partial charge on any atom is -0.496 e. The van der Waals surface area contributed by atoms with E-state index in [4.69, 9.17) is 9.88 Å². The number of rotatable bonds is 7. The summed E-state index contributed by atoms with van der Waals surface area (Å²) < 4.78 is 27.3. The van der Waals surface area contributed by atoms with Crippen LogP contribution in [0.2, 0.25) is 0 Å². The Balaban J connectivity index is 1.90. The molecule has 2 rings (SSSR count). The normalized spacial score (nSPS) is 11.1. The van der Waals surface area contributed by atoms with Gasteiger partial charge in [-0.25, -0.2) is 13.6 Å². The molecule has 6 nitrogen and oxygen atoms in total. The minimum absolute atomic E-state index is 0.125. The van der Waals surface area contributed by atoms with Gasteiger partial charge in [0.2, 0.25) is 15.9 Å². The number of amides is 1. The van der Waals surface area contributed by atoms with Crippen molar-refractivity contribution in [1.82, 2.24) is 0 Å². The summed E-state index contributed by atoms with van der Waals surface area (Å²) in [6, 6.07) is 14.1. The first-order chi connectivity index (χ1) is 11.4. The van der Waals surface area contributed by atoms with Crippen LogP contribution in [0.3, 0.4) is 0 Å². The largest absolute Gasteiger partial charge is 0.496 e. The summed E-state index contributed by atoms with van der Waals surface area (Å²) in [5.41, 5.74) is 2.15. The zero-order chi connectivity index (χ0) is 17.6. The van der Waals surface area contributed by atoms with Crippen molar-refractivity contribution in [2.45, 2.75) is 18.6 Å². The summed E-state index contributed by atoms with van der Waals surface area (Å²) >= 11 is 0. The van der Waals surface area contributed by atoms with Gasteiger partial charge in [0.1, 0.15) is 5.75 Å². The van der Waals surface area contributed by atoms with Crippen molar-refractivity contribution in [2.75, 3.05) is 12.4 Å². The number of ether oxygens (including phenoxy) is 1. The lowest BCUT2D eigenvalue weighted by Gasteiger charge is -2.09. The molecule has 0 saturated carbocycles. The maximum atomic E-state index is 12.0. The lowest BCUT2D eigenvalue weighted by molar-refractivity contribution is -0.116. The van der Waals surface area contributed by atoms with Gasteiger partial charge in [0.25, 0.3) is 0 Å². The smallest absolute Gasteiger partial charge is 0.224 e. The van der Waals surface area contributed by atoms with Gasteiger partial charge in [-0.1, -0.05) is 30.3 Å². The first kappa shape index (κ1) is 18.0. The number of sulfonamides is 1. The summed E-state index contributed by atoms with van der Waals surface area (Å²) in [5, 5.41) is 7.78. The highest BCUT2D eigenvalue weighted by Gasteiger charge is 2.08. The van der Waals surface area contributed by atoms with E-state index < -0.39 is 10.0 Å². The number of benzene rings is 2. The Morgan fingerprint density at radius 2 is 1.79 bits per heavy atom. The molecular formula is C17H20N2O4S. The van der Waals surface area contributed by atoms with Crippen LogP contribution in [0.5, 0.6) is 5.75 Å². The Morgan fingerprint density at radius 3 is 2.42 bits per heavy atom.